The number of nitrogens with zero attached hydrogens (tertiary/aromatic N) is 1. The predicted octanol–water partition coefficient (Wildman–Crippen LogP) is 4.43. The van der Waals surface area contributed by atoms with Crippen molar-refractivity contribution < 1.29 is 9.12 Å². The van der Waals surface area contributed by atoms with Gasteiger partial charge < -0.3 is 5.21 Å². The monoisotopic (exact) mass is 289 g/mol. The van der Waals surface area contributed by atoms with Crippen molar-refractivity contribution in [3.05, 3.63) is 84.0 Å². The van der Waals surface area contributed by atoms with E-state index < -0.39 is 0 Å². The Kier molecular flexibility index (Phi) is 2.79. The number of hydrogen-bond donors (Lipinski definition) is 0. The van der Waals surface area contributed by atoms with Gasteiger partial charge in [0.25, 0.3) is 0 Å². The standard InChI is InChI=1S/C19H12FNO/c20-18-10-9-17(15-7-3-4-8-16(15)18)19-14-6-2-1-5-13(14)11-12-21(19)22/h1-12H. The molecule has 106 valence electrons. The van der Waals surface area contributed by atoms with Crippen molar-refractivity contribution in [3.8, 4) is 11.3 Å². The minimum atomic E-state index is -0.281. The van der Waals surface area contributed by atoms with Crippen molar-refractivity contribution in [2.24, 2.45) is 0 Å². The van der Waals surface area contributed by atoms with Crippen LogP contribution in [0.4, 0.5) is 4.39 Å². The Balaban J connectivity index is 2.17. The molecule has 0 unspecified atom stereocenters. The summed E-state index contributed by atoms with van der Waals surface area (Å²) in [6.45, 7) is 0. The van der Waals surface area contributed by atoms with E-state index in [0.717, 1.165) is 26.5 Å². The quantitative estimate of drug-likeness (QED) is 0.376. The van der Waals surface area contributed by atoms with E-state index in [-0.39, 0.29) is 5.82 Å². The van der Waals surface area contributed by atoms with Crippen molar-refractivity contribution in [1.29, 1.82) is 0 Å². The van der Waals surface area contributed by atoms with E-state index >= 15 is 0 Å². The first-order chi connectivity index (χ1) is 10.8. The number of aromatic nitrogens is 1. The van der Waals surface area contributed by atoms with E-state index in [9.17, 15) is 9.60 Å². The third-order valence-corrected chi connectivity index (χ3v) is 3.95. The summed E-state index contributed by atoms with van der Waals surface area (Å²) in [6.07, 6.45) is 1.50. The SMILES string of the molecule is [O-][n+]1ccc2ccccc2c1-c1ccc(F)c2ccccc12. The molecule has 0 spiro atoms. The second-order valence-electron chi connectivity index (χ2n) is 5.22. The highest BCUT2D eigenvalue weighted by Crippen LogP contribution is 2.32. The molecule has 0 radical (unpaired) electrons. The Hall–Kier alpha value is -2.94. The molecule has 4 aromatic rings. The second-order valence-corrected chi connectivity index (χ2v) is 5.22. The van der Waals surface area contributed by atoms with Gasteiger partial charge in [-0.25, -0.2) is 4.39 Å². The maximum atomic E-state index is 14.0. The average Bonchev–Trinajstić information content (AvgIpc) is 2.56. The molecule has 0 bridgehead atoms. The highest BCUT2D eigenvalue weighted by molar-refractivity contribution is 6.02. The van der Waals surface area contributed by atoms with E-state index in [1.165, 1.54) is 12.3 Å². The number of benzene rings is 3. The van der Waals surface area contributed by atoms with Crippen molar-refractivity contribution >= 4 is 21.5 Å². The summed E-state index contributed by atoms with van der Waals surface area (Å²) in [7, 11) is 0. The van der Waals surface area contributed by atoms with Crippen molar-refractivity contribution in [3.63, 3.8) is 0 Å². The van der Waals surface area contributed by atoms with E-state index in [1.807, 2.05) is 36.4 Å². The average molecular weight is 289 g/mol. The van der Waals surface area contributed by atoms with Crippen LogP contribution in [0.1, 0.15) is 0 Å². The lowest BCUT2D eigenvalue weighted by molar-refractivity contribution is -0.592. The number of halogens is 1. The molecule has 1 heterocycles. The minimum absolute atomic E-state index is 0.281. The summed E-state index contributed by atoms with van der Waals surface area (Å²) in [4.78, 5) is 0. The van der Waals surface area contributed by atoms with Gasteiger partial charge in [0.2, 0.25) is 5.69 Å². The predicted molar refractivity (Wildman–Crippen MR) is 85.8 cm³/mol. The van der Waals surface area contributed by atoms with Gasteiger partial charge in [0.05, 0.1) is 10.9 Å². The smallest absolute Gasteiger partial charge is 0.232 e. The maximum Gasteiger partial charge on any atom is 0.232 e. The van der Waals surface area contributed by atoms with Gasteiger partial charge in [-0.3, -0.25) is 0 Å². The van der Waals surface area contributed by atoms with Crippen LogP contribution in [-0.2, 0) is 0 Å². The van der Waals surface area contributed by atoms with Crippen LogP contribution in [0, 0.1) is 11.0 Å². The zero-order chi connectivity index (χ0) is 15.1. The van der Waals surface area contributed by atoms with E-state index in [0.29, 0.717) is 11.1 Å². The van der Waals surface area contributed by atoms with Crippen LogP contribution < -0.4 is 4.73 Å². The van der Waals surface area contributed by atoms with Crippen LogP contribution in [0.5, 0.6) is 0 Å². The first kappa shape index (κ1) is 12.8. The molecule has 22 heavy (non-hydrogen) atoms. The van der Waals surface area contributed by atoms with Crippen molar-refractivity contribution in [2.45, 2.75) is 0 Å². The van der Waals surface area contributed by atoms with Gasteiger partial charge in [-0.1, -0.05) is 42.5 Å². The molecule has 0 saturated carbocycles. The molecule has 3 aromatic carbocycles. The van der Waals surface area contributed by atoms with Gasteiger partial charge in [-0.15, -0.1) is 0 Å². The highest BCUT2D eigenvalue weighted by Gasteiger charge is 2.17. The van der Waals surface area contributed by atoms with Gasteiger partial charge in [0.15, 0.2) is 6.20 Å². The summed E-state index contributed by atoms with van der Waals surface area (Å²) < 4.78 is 14.9. The van der Waals surface area contributed by atoms with Crippen LogP contribution in [0.3, 0.4) is 0 Å². The summed E-state index contributed by atoms with van der Waals surface area (Å²) in [6, 6.07) is 19.8. The lowest BCUT2D eigenvalue weighted by Crippen LogP contribution is -2.28. The van der Waals surface area contributed by atoms with Crippen molar-refractivity contribution in [1.82, 2.24) is 0 Å². The topological polar surface area (TPSA) is 26.9 Å². The Bertz CT molecular complexity index is 1010. The Morgan fingerprint density at radius 1 is 0.727 bits per heavy atom. The van der Waals surface area contributed by atoms with Gasteiger partial charge in [0.1, 0.15) is 5.82 Å². The molecule has 3 heteroatoms. The number of rotatable bonds is 1. The summed E-state index contributed by atoms with van der Waals surface area (Å²) in [5.74, 6) is -0.281. The molecule has 0 atom stereocenters. The fourth-order valence-corrected chi connectivity index (χ4v) is 2.93. The van der Waals surface area contributed by atoms with Gasteiger partial charge >= 0.3 is 0 Å². The molecule has 0 saturated heterocycles. The van der Waals surface area contributed by atoms with E-state index in [1.54, 1.807) is 24.3 Å². The molecule has 0 amide bonds. The maximum absolute atomic E-state index is 14.0. The first-order valence-corrected chi connectivity index (χ1v) is 7.04. The Morgan fingerprint density at radius 2 is 1.41 bits per heavy atom. The van der Waals surface area contributed by atoms with Gasteiger partial charge in [-0.05, 0) is 29.0 Å². The minimum Gasteiger partial charge on any atom is -0.618 e. The van der Waals surface area contributed by atoms with Crippen LogP contribution in [-0.4, -0.2) is 0 Å². The second kappa shape index (κ2) is 4.81. The summed E-state index contributed by atoms with van der Waals surface area (Å²) in [5, 5.41) is 15.5. The van der Waals surface area contributed by atoms with Gasteiger partial charge in [-0.2, -0.15) is 4.73 Å². The zero-order valence-corrected chi connectivity index (χ0v) is 11.7. The van der Waals surface area contributed by atoms with Gasteiger partial charge in [0, 0.05) is 11.5 Å². The Labute approximate surface area is 126 Å². The largest absolute Gasteiger partial charge is 0.618 e. The molecule has 0 aliphatic heterocycles. The van der Waals surface area contributed by atoms with Crippen LogP contribution in [0.25, 0.3) is 32.8 Å². The fraction of sp³-hybridized carbons (Fsp3) is 0. The lowest BCUT2D eigenvalue weighted by atomic mass is 9.98. The summed E-state index contributed by atoms with van der Waals surface area (Å²) >= 11 is 0. The highest BCUT2D eigenvalue weighted by atomic mass is 19.1. The molecule has 0 N–H and O–H groups in total. The molecule has 4 rings (SSSR count). The molecular formula is C19H12FNO. The fourth-order valence-electron chi connectivity index (χ4n) is 2.93. The van der Waals surface area contributed by atoms with E-state index in [4.69, 9.17) is 0 Å². The first-order valence-electron chi connectivity index (χ1n) is 7.04. The normalized spacial score (nSPS) is 11.1. The van der Waals surface area contributed by atoms with Crippen molar-refractivity contribution in [2.75, 3.05) is 0 Å². The summed E-state index contributed by atoms with van der Waals surface area (Å²) in [5.41, 5.74) is 1.29. The third-order valence-electron chi connectivity index (χ3n) is 3.95. The zero-order valence-electron chi connectivity index (χ0n) is 11.7. The van der Waals surface area contributed by atoms with Crippen LogP contribution in [0.15, 0.2) is 72.9 Å². The number of fused-ring (bicyclic) bond motifs is 2. The number of hydrogen-bond acceptors (Lipinski definition) is 1. The molecule has 0 aliphatic carbocycles. The Morgan fingerprint density at radius 3 is 2.23 bits per heavy atom. The lowest BCUT2D eigenvalue weighted by Gasteiger charge is -2.11. The molecule has 0 fully saturated rings. The van der Waals surface area contributed by atoms with Crippen LogP contribution in [0.2, 0.25) is 0 Å². The number of pyridine rings is 1. The molecular weight excluding hydrogens is 277 g/mol. The molecule has 2 nitrogen and oxygen atoms in total. The van der Waals surface area contributed by atoms with Crippen LogP contribution >= 0.6 is 0 Å². The third kappa shape index (κ3) is 1.83. The molecule has 1 aromatic heterocycles. The van der Waals surface area contributed by atoms with E-state index in [2.05, 4.69) is 0 Å². The molecule has 0 aliphatic rings.